The minimum absolute atomic E-state index is 0.431. The van der Waals surface area contributed by atoms with Crippen LogP contribution in [-0.4, -0.2) is 18.7 Å². The lowest BCUT2D eigenvalue weighted by Gasteiger charge is -2.25. The van der Waals surface area contributed by atoms with E-state index in [1.165, 1.54) is 4.90 Å². The SMILES string of the molecule is [C-]#[N+]c1ccccc1N(C)C(=O)OC(C)(C)C. The van der Waals surface area contributed by atoms with Crippen LogP contribution >= 0.6 is 0 Å². The number of nitrogens with zero attached hydrogens (tertiary/aromatic N) is 2. The van der Waals surface area contributed by atoms with E-state index in [1.807, 2.05) is 0 Å². The molecule has 0 aliphatic carbocycles. The van der Waals surface area contributed by atoms with Crippen molar-refractivity contribution in [3.63, 3.8) is 0 Å². The van der Waals surface area contributed by atoms with Crippen molar-refractivity contribution in [2.24, 2.45) is 0 Å². The lowest BCUT2D eigenvalue weighted by molar-refractivity contribution is 0.0589. The van der Waals surface area contributed by atoms with Crippen molar-refractivity contribution in [1.82, 2.24) is 0 Å². The molecule has 0 fully saturated rings. The number of carbonyl (C=O) groups excluding carboxylic acids is 1. The Balaban J connectivity index is 2.94. The Morgan fingerprint density at radius 1 is 1.35 bits per heavy atom. The number of ether oxygens (including phenoxy) is 1. The molecule has 0 spiro atoms. The van der Waals surface area contributed by atoms with Crippen molar-refractivity contribution in [1.29, 1.82) is 0 Å². The molecule has 4 heteroatoms. The van der Waals surface area contributed by atoms with Gasteiger partial charge < -0.3 is 4.74 Å². The second-order valence-electron chi connectivity index (χ2n) is 4.64. The Labute approximate surface area is 102 Å². The molecule has 0 aromatic heterocycles. The highest BCUT2D eigenvalue weighted by molar-refractivity contribution is 5.91. The standard InChI is InChI=1S/C13H16N2O2/c1-13(2,3)17-12(16)15(5)11-9-7-6-8-10(11)14-4/h6-9H,1-3,5H3. The molecule has 0 saturated heterocycles. The van der Waals surface area contributed by atoms with E-state index in [2.05, 4.69) is 4.85 Å². The molecule has 1 aromatic carbocycles. The summed E-state index contributed by atoms with van der Waals surface area (Å²) < 4.78 is 5.24. The van der Waals surface area contributed by atoms with Crippen LogP contribution in [-0.2, 0) is 4.74 Å². The van der Waals surface area contributed by atoms with Gasteiger partial charge in [-0.1, -0.05) is 18.2 Å². The maximum atomic E-state index is 11.8. The third kappa shape index (κ3) is 3.49. The number of para-hydroxylation sites is 2. The van der Waals surface area contributed by atoms with Crippen molar-refractivity contribution < 1.29 is 9.53 Å². The third-order valence-electron chi connectivity index (χ3n) is 2.03. The Morgan fingerprint density at radius 2 is 1.94 bits per heavy atom. The van der Waals surface area contributed by atoms with Crippen molar-refractivity contribution in [2.75, 3.05) is 11.9 Å². The minimum atomic E-state index is -0.543. The predicted octanol–water partition coefficient (Wildman–Crippen LogP) is 3.61. The zero-order valence-corrected chi connectivity index (χ0v) is 10.5. The number of anilines is 1. The van der Waals surface area contributed by atoms with Gasteiger partial charge in [-0.3, -0.25) is 4.90 Å². The molecular formula is C13H16N2O2. The highest BCUT2D eigenvalue weighted by Crippen LogP contribution is 2.28. The first-order valence-electron chi connectivity index (χ1n) is 5.28. The molecule has 1 rings (SSSR count). The molecule has 0 saturated carbocycles. The van der Waals surface area contributed by atoms with Crippen molar-refractivity contribution in [2.45, 2.75) is 26.4 Å². The van der Waals surface area contributed by atoms with Crippen LogP contribution in [0.1, 0.15) is 20.8 Å². The lowest BCUT2D eigenvalue weighted by Crippen LogP contribution is -2.34. The molecule has 0 radical (unpaired) electrons. The van der Waals surface area contributed by atoms with Gasteiger partial charge in [0.25, 0.3) is 0 Å². The lowest BCUT2D eigenvalue weighted by atomic mass is 10.2. The molecule has 17 heavy (non-hydrogen) atoms. The van der Waals surface area contributed by atoms with E-state index in [0.29, 0.717) is 11.4 Å². The molecule has 0 unspecified atom stereocenters. The van der Waals surface area contributed by atoms with Crippen molar-refractivity contribution in [3.05, 3.63) is 35.7 Å². The summed E-state index contributed by atoms with van der Waals surface area (Å²) in [7, 11) is 1.60. The highest BCUT2D eigenvalue weighted by atomic mass is 16.6. The maximum absolute atomic E-state index is 11.8. The first kappa shape index (κ1) is 13.0. The Kier molecular flexibility index (Phi) is 3.74. The normalized spacial score (nSPS) is 10.5. The fourth-order valence-electron chi connectivity index (χ4n) is 1.27. The van der Waals surface area contributed by atoms with Crippen LogP contribution < -0.4 is 4.90 Å². The quantitative estimate of drug-likeness (QED) is 0.693. The molecule has 0 N–H and O–H groups in total. The largest absolute Gasteiger partial charge is 0.443 e. The number of amides is 1. The smallest absolute Gasteiger partial charge is 0.413 e. The zero-order valence-electron chi connectivity index (χ0n) is 10.5. The van der Waals surface area contributed by atoms with Crippen LogP contribution in [0.15, 0.2) is 24.3 Å². The van der Waals surface area contributed by atoms with E-state index in [-0.39, 0.29) is 0 Å². The van der Waals surface area contributed by atoms with Crippen LogP contribution in [0, 0.1) is 6.57 Å². The van der Waals surface area contributed by atoms with E-state index in [9.17, 15) is 4.79 Å². The van der Waals surface area contributed by atoms with Gasteiger partial charge >= 0.3 is 6.09 Å². The van der Waals surface area contributed by atoms with Gasteiger partial charge in [-0.25, -0.2) is 9.64 Å². The average molecular weight is 232 g/mol. The van der Waals surface area contributed by atoms with Gasteiger partial charge in [-0.15, -0.1) is 0 Å². The molecule has 0 aliphatic heterocycles. The summed E-state index contributed by atoms with van der Waals surface area (Å²) in [6, 6.07) is 6.94. The summed E-state index contributed by atoms with van der Waals surface area (Å²) in [6.07, 6.45) is -0.464. The van der Waals surface area contributed by atoms with E-state index < -0.39 is 11.7 Å². The fraction of sp³-hybridized carbons (Fsp3) is 0.385. The molecule has 0 heterocycles. The van der Waals surface area contributed by atoms with Crippen LogP contribution in [0.2, 0.25) is 0 Å². The molecule has 1 aromatic rings. The molecule has 90 valence electrons. The molecule has 0 bridgehead atoms. The van der Waals surface area contributed by atoms with E-state index >= 15 is 0 Å². The number of benzene rings is 1. The molecule has 1 amide bonds. The average Bonchev–Trinajstić information content (AvgIpc) is 2.25. The fourth-order valence-corrected chi connectivity index (χ4v) is 1.27. The first-order chi connectivity index (χ1) is 7.85. The topological polar surface area (TPSA) is 33.9 Å². The summed E-state index contributed by atoms with van der Waals surface area (Å²) in [6.45, 7) is 12.5. The summed E-state index contributed by atoms with van der Waals surface area (Å²) >= 11 is 0. The summed E-state index contributed by atoms with van der Waals surface area (Å²) in [4.78, 5) is 16.5. The van der Waals surface area contributed by atoms with E-state index in [1.54, 1.807) is 52.1 Å². The van der Waals surface area contributed by atoms with Gasteiger partial charge in [0.1, 0.15) is 5.60 Å². The number of carbonyl (C=O) groups is 1. The summed E-state index contributed by atoms with van der Waals surface area (Å²) in [5.74, 6) is 0. The third-order valence-corrected chi connectivity index (χ3v) is 2.03. The van der Waals surface area contributed by atoms with Gasteiger partial charge in [-0.05, 0) is 26.8 Å². The first-order valence-corrected chi connectivity index (χ1v) is 5.28. The van der Waals surface area contributed by atoms with Gasteiger partial charge in [0.05, 0.1) is 12.3 Å². The molecular weight excluding hydrogens is 216 g/mol. The molecule has 0 aliphatic rings. The van der Waals surface area contributed by atoms with Crippen molar-refractivity contribution >= 4 is 17.5 Å². The monoisotopic (exact) mass is 232 g/mol. The van der Waals surface area contributed by atoms with Crippen LogP contribution in [0.5, 0.6) is 0 Å². The highest BCUT2D eigenvalue weighted by Gasteiger charge is 2.21. The second-order valence-corrected chi connectivity index (χ2v) is 4.64. The second kappa shape index (κ2) is 4.88. The van der Waals surface area contributed by atoms with Crippen LogP contribution in [0.4, 0.5) is 16.2 Å². The van der Waals surface area contributed by atoms with Crippen LogP contribution in [0.25, 0.3) is 4.85 Å². The molecule has 0 atom stereocenters. The maximum Gasteiger partial charge on any atom is 0.413 e. The van der Waals surface area contributed by atoms with Gasteiger partial charge in [0.2, 0.25) is 5.69 Å². The number of hydrogen-bond acceptors (Lipinski definition) is 2. The summed E-state index contributed by atoms with van der Waals surface area (Å²) in [5.41, 5.74) is 0.441. The Hall–Kier alpha value is -2.02. The zero-order chi connectivity index (χ0) is 13.1. The summed E-state index contributed by atoms with van der Waals surface area (Å²) in [5, 5.41) is 0. The van der Waals surface area contributed by atoms with Crippen LogP contribution in [0.3, 0.4) is 0 Å². The van der Waals surface area contributed by atoms with Gasteiger partial charge in [-0.2, -0.15) is 0 Å². The van der Waals surface area contributed by atoms with Gasteiger partial charge in [0, 0.05) is 7.05 Å². The Bertz CT molecular complexity index is 455. The van der Waals surface area contributed by atoms with E-state index in [0.717, 1.165) is 0 Å². The minimum Gasteiger partial charge on any atom is -0.443 e. The predicted molar refractivity (Wildman–Crippen MR) is 67.3 cm³/mol. The van der Waals surface area contributed by atoms with Crippen molar-refractivity contribution in [3.8, 4) is 0 Å². The van der Waals surface area contributed by atoms with Gasteiger partial charge in [0.15, 0.2) is 0 Å². The number of rotatable bonds is 1. The Morgan fingerprint density at radius 3 is 2.47 bits per heavy atom. The molecule has 4 nitrogen and oxygen atoms in total. The van der Waals surface area contributed by atoms with E-state index in [4.69, 9.17) is 11.3 Å². The number of hydrogen-bond donors (Lipinski definition) is 0.